The second-order valence-electron chi connectivity index (χ2n) is 5.75. The molecule has 2 aromatic rings. The van der Waals surface area contributed by atoms with Gasteiger partial charge in [-0.2, -0.15) is 0 Å². The number of carbonyl (C=O) groups is 2. The molecule has 1 saturated heterocycles. The highest BCUT2D eigenvalue weighted by Crippen LogP contribution is 2.43. The first-order chi connectivity index (χ1) is 12.6. The minimum Gasteiger partial charge on any atom is -0.369 e. The molecule has 3 rings (SSSR count). The van der Waals surface area contributed by atoms with E-state index >= 15 is 0 Å². The fourth-order valence-corrected chi connectivity index (χ4v) is 6.15. The van der Waals surface area contributed by atoms with Crippen LogP contribution < -0.4 is 11.1 Å². The molecule has 0 aromatic heterocycles. The first-order valence-corrected chi connectivity index (χ1v) is 11.4. The summed E-state index contributed by atoms with van der Waals surface area (Å²) < 4.78 is 0.465. The maximum atomic E-state index is 12.6. The summed E-state index contributed by atoms with van der Waals surface area (Å²) in [4.78, 5) is 24.4. The number of benzene rings is 2. The monoisotopic (exact) mass is 404 g/mol. The van der Waals surface area contributed by atoms with E-state index in [1.165, 1.54) is 35.3 Å². The highest BCUT2D eigenvalue weighted by Gasteiger charge is 2.17. The molecule has 1 aliphatic heterocycles. The summed E-state index contributed by atoms with van der Waals surface area (Å²) >= 11 is 5.25. The van der Waals surface area contributed by atoms with Gasteiger partial charge >= 0.3 is 0 Å². The summed E-state index contributed by atoms with van der Waals surface area (Å²) in [6, 6.07) is 15.2. The molecule has 1 heterocycles. The molecule has 2 aromatic carbocycles. The van der Waals surface area contributed by atoms with Crippen LogP contribution in [0.4, 0.5) is 5.69 Å². The van der Waals surface area contributed by atoms with Gasteiger partial charge < -0.3 is 11.1 Å². The SMILES string of the molecule is NC(=O)CSc1ccccc1NC(=O)c1ccc(C2SCCCS2)cc1. The number of hydrogen-bond acceptors (Lipinski definition) is 5. The number of nitrogens with two attached hydrogens (primary N) is 1. The van der Waals surface area contributed by atoms with E-state index in [-0.39, 0.29) is 17.6 Å². The van der Waals surface area contributed by atoms with Crippen LogP contribution in [-0.4, -0.2) is 29.1 Å². The van der Waals surface area contributed by atoms with E-state index in [0.717, 1.165) is 4.90 Å². The van der Waals surface area contributed by atoms with Crippen molar-refractivity contribution in [1.82, 2.24) is 0 Å². The van der Waals surface area contributed by atoms with Crippen molar-refractivity contribution in [1.29, 1.82) is 0 Å². The lowest BCUT2D eigenvalue weighted by atomic mass is 10.1. The Morgan fingerprint density at radius 2 is 1.77 bits per heavy atom. The summed E-state index contributed by atoms with van der Waals surface area (Å²) in [7, 11) is 0. The molecule has 7 heteroatoms. The van der Waals surface area contributed by atoms with Crippen LogP contribution in [0.15, 0.2) is 53.4 Å². The van der Waals surface area contributed by atoms with Crippen molar-refractivity contribution >= 4 is 52.8 Å². The van der Waals surface area contributed by atoms with Gasteiger partial charge in [-0.1, -0.05) is 24.3 Å². The largest absolute Gasteiger partial charge is 0.369 e. The number of para-hydroxylation sites is 1. The van der Waals surface area contributed by atoms with E-state index in [0.29, 0.717) is 15.8 Å². The number of rotatable bonds is 6. The Morgan fingerprint density at radius 1 is 1.08 bits per heavy atom. The molecule has 0 atom stereocenters. The molecule has 26 heavy (non-hydrogen) atoms. The standard InChI is InChI=1S/C19H20N2O2S3/c20-17(22)12-26-16-5-2-1-4-15(16)21-18(23)13-6-8-14(9-7-13)19-24-10-3-11-25-19/h1-2,4-9,19H,3,10-12H2,(H2,20,22)(H,21,23). The normalized spacial score (nSPS) is 14.8. The molecule has 0 saturated carbocycles. The predicted molar refractivity (Wildman–Crippen MR) is 113 cm³/mol. The number of hydrogen-bond donors (Lipinski definition) is 2. The van der Waals surface area contributed by atoms with Gasteiger partial charge in [0.25, 0.3) is 5.91 Å². The second-order valence-corrected chi connectivity index (χ2v) is 9.50. The van der Waals surface area contributed by atoms with Gasteiger partial charge in [-0.05, 0) is 47.8 Å². The fraction of sp³-hybridized carbons (Fsp3) is 0.263. The van der Waals surface area contributed by atoms with Crippen LogP contribution in [0.3, 0.4) is 0 Å². The maximum Gasteiger partial charge on any atom is 0.255 e. The Kier molecular flexibility index (Phi) is 6.93. The fourth-order valence-electron chi connectivity index (χ4n) is 2.51. The van der Waals surface area contributed by atoms with E-state index < -0.39 is 0 Å². The molecule has 136 valence electrons. The molecule has 4 nitrogen and oxygen atoms in total. The molecular formula is C19H20N2O2S3. The Balaban J connectivity index is 1.67. The van der Waals surface area contributed by atoms with E-state index in [9.17, 15) is 9.59 Å². The molecule has 1 fully saturated rings. The first kappa shape index (κ1) is 19.2. The lowest BCUT2D eigenvalue weighted by Gasteiger charge is -2.21. The van der Waals surface area contributed by atoms with Crippen molar-refractivity contribution in [2.45, 2.75) is 15.9 Å². The van der Waals surface area contributed by atoms with E-state index in [1.807, 2.05) is 72.1 Å². The molecule has 0 aliphatic carbocycles. The average Bonchev–Trinajstić information content (AvgIpc) is 2.68. The molecule has 0 unspecified atom stereocenters. The smallest absolute Gasteiger partial charge is 0.255 e. The lowest BCUT2D eigenvalue weighted by molar-refractivity contribution is -0.115. The van der Waals surface area contributed by atoms with Crippen molar-refractivity contribution in [2.75, 3.05) is 22.6 Å². The summed E-state index contributed by atoms with van der Waals surface area (Å²) in [5.74, 6) is 2.02. The van der Waals surface area contributed by atoms with Gasteiger partial charge in [0.15, 0.2) is 0 Å². The molecule has 0 bridgehead atoms. The van der Waals surface area contributed by atoms with E-state index in [2.05, 4.69) is 5.32 Å². The summed E-state index contributed by atoms with van der Waals surface area (Å²) in [5, 5.41) is 2.93. The molecule has 0 radical (unpaired) electrons. The zero-order valence-corrected chi connectivity index (χ0v) is 16.6. The van der Waals surface area contributed by atoms with Gasteiger partial charge in [0.05, 0.1) is 16.0 Å². The van der Waals surface area contributed by atoms with Crippen molar-refractivity contribution in [3.63, 3.8) is 0 Å². The van der Waals surface area contributed by atoms with Crippen LogP contribution in [0, 0.1) is 0 Å². The third-order valence-electron chi connectivity index (χ3n) is 3.78. The number of carbonyl (C=O) groups excluding carboxylic acids is 2. The Labute approximate surface area is 166 Å². The van der Waals surface area contributed by atoms with Crippen LogP contribution in [0.25, 0.3) is 0 Å². The third-order valence-corrected chi connectivity index (χ3v) is 7.89. The molecular weight excluding hydrogens is 384 g/mol. The van der Waals surface area contributed by atoms with Gasteiger partial charge in [0, 0.05) is 10.5 Å². The van der Waals surface area contributed by atoms with E-state index in [4.69, 9.17) is 5.73 Å². The van der Waals surface area contributed by atoms with Crippen molar-refractivity contribution in [3.8, 4) is 0 Å². The number of thioether (sulfide) groups is 3. The number of anilines is 1. The van der Waals surface area contributed by atoms with Crippen LogP contribution >= 0.6 is 35.3 Å². The molecule has 2 amide bonds. The van der Waals surface area contributed by atoms with Gasteiger partial charge in [0.1, 0.15) is 0 Å². The van der Waals surface area contributed by atoms with E-state index in [1.54, 1.807) is 0 Å². The van der Waals surface area contributed by atoms with Crippen LogP contribution in [0.5, 0.6) is 0 Å². The van der Waals surface area contributed by atoms with Gasteiger partial charge in [0.2, 0.25) is 5.91 Å². The zero-order chi connectivity index (χ0) is 18.4. The van der Waals surface area contributed by atoms with Gasteiger partial charge in [-0.25, -0.2) is 0 Å². The summed E-state index contributed by atoms with van der Waals surface area (Å²) in [6.07, 6.45) is 1.26. The highest BCUT2D eigenvalue weighted by atomic mass is 32.2. The topological polar surface area (TPSA) is 72.2 Å². The molecule has 0 spiro atoms. The number of nitrogens with one attached hydrogen (secondary N) is 1. The van der Waals surface area contributed by atoms with Crippen molar-refractivity contribution in [2.24, 2.45) is 5.73 Å². The Hall–Kier alpha value is -1.57. The van der Waals surface area contributed by atoms with Gasteiger partial charge in [-0.3, -0.25) is 9.59 Å². The van der Waals surface area contributed by atoms with Crippen LogP contribution in [-0.2, 0) is 4.79 Å². The first-order valence-electron chi connectivity index (χ1n) is 8.28. The summed E-state index contributed by atoms with van der Waals surface area (Å²) in [5.41, 5.74) is 7.77. The zero-order valence-electron chi connectivity index (χ0n) is 14.1. The Morgan fingerprint density at radius 3 is 2.46 bits per heavy atom. The Bertz CT molecular complexity index is 775. The minimum atomic E-state index is -0.384. The molecule has 1 aliphatic rings. The quantitative estimate of drug-likeness (QED) is 0.699. The van der Waals surface area contributed by atoms with Crippen LogP contribution in [0.2, 0.25) is 0 Å². The maximum absolute atomic E-state index is 12.6. The van der Waals surface area contributed by atoms with Crippen molar-refractivity contribution in [3.05, 3.63) is 59.7 Å². The van der Waals surface area contributed by atoms with Crippen LogP contribution in [0.1, 0.15) is 26.9 Å². The predicted octanol–water partition coefficient (Wildman–Crippen LogP) is 4.39. The minimum absolute atomic E-state index is 0.160. The lowest BCUT2D eigenvalue weighted by Crippen LogP contribution is -2.14. The number of primary amides is 1. The second kappa shape index (κ2) is 9.39. The number of amides is 2. The highest BCUT2D eigenvalue weighted by molar-refractivity contribution is 8.16. The third kappa shape index (κ3) is 5.22. The molecule has 3 N–H and O–H groups in total. The van der Waals surface area contributed by atoms with Crippen molar-refractivity contribution < 1.29 is 9.59 Å². The average molecular weight is 405 g/mol. The summed E-state index contributed by atoms with van der Waals surface area (Å²) in [6.45, 7) is 0. The van der Waals surface area contributed by atoms with Gasteiger partial charge in [-0.15, -0.1) is 35.3 Å².